The zero-order chi connectivity index (χ0) is 13.0. The molecule has 0 spiro atoms. The summed E-state index contributed by atoms with van der Waals surface area (Å²) in [6.07, 6.45) is 0. The van der Waals surface area contributed by atoms with Gasteiger partial charge in [-0.2, -0.15) is 0 Å². The van der Waals surface area contributed by atoms with Gasteiger partial charge in [0.2, 0.25) is 0 Å². The van der Waals surface area contributed by atoms with Crippen LogP contribution >= 0.6 is 0 Å². The molecule has 0 saturated carbocycles. The summed E-state index contributed by atoms with van der Waals surface area (Å²) in [6, 6.07) is 11.6. The third kappa shape index (κ3) is 2.37. The minimum absolute atomic E-state index is 0.701. The molecule has 1 heterocycles. The summed E-state index contributed by atoms with van der Waals surface area (Å²) in [4.78, 5) is 4.48. The largest absolute Gasteiger partial charge is 0.493 e. The van der Waals surface area contributed by atoms with Crippen LogP contribution in [0.3, 0.4) is 0 Å². The van der Waals surface area contributed by atoms with Crippen molar-refractivity contribution in [3.63, 3.8) is 0 Å². The van der Waals surface area contributed by atoms with Crippen molar-refractivity contribution in [3.05, 3.63) is 36.4 Å². The van der Waals surface area contributed by atoms with Crippen molar-refractivity contribution in [1.29, 1.82) is 0 Å². The molecule has 1 aromatic carbocycles. The summed E-state index contributed by atoms with van der Waals surface area (Å²) in [7, 11) is 5.09. The third-order valence-corrected chi connectivity index (χ3v) is 2.68. The molecule has 94 valence electrons. The first-order valence-corrected chi connectivity index (χ1v) is 5.65. The summed E-state index contributed by atoms with van der Waals surface area (Å²) in [5, 5.41) is 3.02. The molecular formula is C14H16N2O2. The molecule has 0 atom stereocenters. The van der Waals surface area contributed by atoms with Gasteiger partial charge >= 0.3 is 0 Å². The maximum absolute atomic E-state index is 5.29. The van der Waals surface area contributed by atoms with Crippen LogP contribution in [0.15, 0.2) is 36.4 Å². The molecule has 18 heavy (non-hydrogen) atoms. The van der Waals surface area contributed by atoms with E-state index in [9.17, 15) is 0 Å². The van der Waals surface area contributed by atoms with E-state index in [0.29, 0.717) is 11.5 Å². The summed E-state index contributed by atoms with van der Waals surface area (Å²) >= 11 is 0. The molecule has 0 amide bonds. The minimum Gasteiger partial charge on any atom is -0.493 e. The first-order chi connectivity index (χ1) is 8.78. The molecule has 2 rings (SSSR count). The van der Waals surface area contributed by atoms with E-state index in [2.05, 4.69) is 10.3 Å². The lowest BCUT2D eigenvalue weighted by molar-refractivity contribution is 0.355. The highest BCUT2D eigenvalue weighted by atomic mass is 16.5. The van der Waals surface area contributed by atoms with Crippen molar-refractivity contribution in [1.82, 2.24) is 4.98 Å². The van der Waals surface area contributed by atoms with E-state index in [1.807, 2.05) is 43.4 Å². The fraction of sp³-hybridized carbons (Fsp3) is 0.214. The van der Waals surface area contributed by atoms with E-state index in [4.69, 9.17) is 9.47 Å². The second-order valence-electron chi connectivity index (χ2n) is 3.73. The number of nitrogens with zero attached hydrogens (tertiary/aromatic N) is 1. The SMILES string of the molecule is CNc1cccc(-c2ccc(OC)c(OC)c2)n1. The molecule has 2 aromatic rings. The second kappa shape index (κ2) is 5.40. The summed E-state index contributed by atoms with van der Waals surface area (Å²) < 4.78 is 10.5. The second-order valence-corrected chi connectivity index (χ2v) is 3.73. The number of nitrogens with one attached hydrogen (secondary N) is 1. The van der Waals surface area contributed by atoms with Crippen LogP contribution in [0.4, 0.5) is 5.82 Å². The smallest absolute Gasteiger partial charge is 0.161 e. The van der Waals surface area contributed by atoms with Gasteiger partial charge in [-0.15, -0.1) is 0 Å². The predicted octanol–water partition coefficient (Wildman–Crippen LogP) is 2.81. The first kappa shape index (κ1) is 12.2. The minimum atomic E-state index is 0.701. The standard InChI is InChI=1S/C14H16N2O2/c1-15-14-6-4-5-11(16-14)10-7-8-12(17-2)13(9-10)18-3/h4-9H,1-3H3,(H,15,16). The van der Waals surface area contributed by atoms with Gasteiger partial charge in [0.1, 0.15) is 5.82 Å². The summed E-state index contributed by atoms with van der Waals surface area (Å²) in [5.74, 6) is 2.25. The average molecular weight is 244 g/mol. The topological polar surface area (TPSA) is 43.4 Å². The maximum atomic E-state index is 5.29. The third-order valence-electron chi connectivity index (χ3n) is 2.68. The number of anilines is 1. The lowest BCUT2D eigenvalue weighted by Crippen LogP contribution is -1.94. The molecule has 1 N–H and O–H groups in total. The average Bonchev–Trinajstić information content (AvgIpc) is 2.46. The molecule has 0 bridgehead atoms. The molecule has 4 nitrogen and oxygen atoms in total. The Morgan fingerprint density at radius 3 is 2.44 bits per heavy atom. The predicted molar refractivity (Wildman–Crippen MR) is 72.3 cm³/mol. The van der Waals surface area contributed by atoms with E-state index < -0.39 is 0 Å². The van der Waals surface area contributed by atoms with Gasteiger partial charge in [-0.25, -0.2) is 4.98 Å². The molecule has 0 unspecified atom stereocenters. The Hall–Kier alpha value is -2.23. The normalized spacial score (nSPS) is 9.94. The molecule has 1 aromatic heterocycles. The van der Waals surface area contributed by atoms with Gasteiger partial charge in [0.05, 0.1) is 19.9 Å². The number of methoxy groups -OCH3 is 2. The number of ether oxygens (including phenoxy) is 2. The number of hydrogen-bond acceptors (Lipinski definition) is 4. The highest BCUT2D eigenvalue weighted by molar-refractivity contribution is 5.65. The van der Waals surface area contributed by atoms with Crippen LogP contribution in [0.25, 0.3) is 11.3 Å². The Balaban J connectivity index is 2.43. The van der Waals surface area contributed by atoms with Crippen LogP contribution in [0.1, 0.15) is 0 Å². The van der Waals surface area contributed by atoms with E-state index in [-0.39, 0.29) is 0 Å². The number of benzene rings is 1. The monoisotopic (exact) mass is 244 g/mol. The van der Waals surface area contributed by atoms with Crippen molar-refractivity contribution in [2.24, 2.45) is 0 Å². The number of pyridine rings is 1. The van der Waals surface area contributed by atoms with E-state index in [1.54, 1.807) is 14.2 Å². The van der Waals surface area contributed by atoms with Gasteiger partial charge in [-0.3, -0.25) is 0 Å². The van der Waals surface area contributed by atoms with Crippen molar-refractivity contribution in [2.75, 3.05) is 26.6 Å². The van der Waals surface area contributed by atoms with Crippen molar-refractivity contribution in [2.45, 2.75) is 0 Å². The molecule has 4 heteroatoms. The molecule has 0 aliphatic rings. The Kier molecular flexibility index (Phi) is 3.67. The molecule has 0 saturated heterocycles. The van der Waals surface area contributed by atoms with Crippen molar-refractivity contribution < 1.29 is 9.47 Å². The molecule has 0 aliphatic heterocycles. The fourth-order valence-electron chi connectivity index (χ4n) is 1.73. The highest BCUT2D eigenvalue weighted by Crippen LogP contribution is 2.31. The molecular weight excluding hydrogens is 228 g/mol. The van der Waals surface area contributed by atoms with E-state index in [0.717, 1.165) is 17.1 Å². The first-order valence-electron chi connectivity index (χ1n) is 5.65. The zero-order valence-corrected chi connectivity index (χ0v) is 10.7. The summed E-state index contributed by atoms with van der Waals surface area (Å²) in [5.41, 5.74) is 1.88. The van der Waals surface area contributed by atoms with Crippen LogP contribution in [0, 0.1) is 0 Å². The highest BCUT2D eigenvalue weighted by Gasteiger charge is 2.07. The van der Waals surface area contributed by atoms with Crippen LogP contribution in [0.2, 0.25) is 0 Å². The number of rotatable bonds is 4. The number of hydrogen-bond donors (Lipinski definition) is 1. The van der Waals surface area contributed by atoms with Crippen LogP contribution in [-0.4, -0.2) is 26.3 Å². The van der Waals surface area contributed by atoms with E-state index in [1.165, 1.54) is 0 Å². The quantitative estimate of drug-likeness (QED) is 0.898. The zero-order valence-electron chi connectivity index (χ0n) is 10.7. The molecule has 0 fully saturated rings. The van der Waals surface area contributed by atoms with Crippen LogP contribution in [-0.2, 0) is 0 Å². The maximum Gasteiger partial charge on any atom is 0.161 e. The lowest BCUT2D eigenvalue weighted by Gasteiger charge is -2.10. The Morgan fingerprint density at radius 1 is 1.00 bits per heavy atom. The Morgan fingerprint density at radius 2 is 1.78 bits per heavy atom. The van der Waals surface area contributed by atoms with Gasteiger partial charge in [-0.05, 0) is 30.3 Å². The Bertz CT molecular complexity index is 541. The Labute approximate surface area is 107 Å². The van der Waals surface area contributed by atoms with Gasteiger partial charge in [0.15, 0.2) is 11.5 Å². The lowest BCUT2D eigenvalue weighted by atomic mass is 10.1. The van der Waals surface area contributed by atoms with Gasteiger partial charge in [0.25, 0.3) is 0 Å². The fourth-order valence-corrected chi connectivity index (χ4v) is 1.73. The molecule has 0 aliphatic carbocycles. The summed E-state index contributed by atoms with van der Waals surface area (Å²) in [6.45, 7) is 0. The van der Waals surface area contributed by atoms with Crippen molar-refractivity contribution >= 4 is 5.82 Å². The van der Waals surface area contributed by atoms with Gasteiger partial charge in [-0.1, -0.05) is 6.07 Å². The van der Waals surface area contributed by atoms with E-state index >= 15 is 0 Å². The van der Waals surface area contributed by atoms with Crippen LogP contribution < -0.4 is 14.8 Å². The van der Waals surface area contributed by atoms with Crippen LogP contribution in [0.5, 0.6) is 11.5 Å². The van der Waals surface area contributed by atoms with Crippen molar-refractivity contribution in [3.8, 4) is 22.8 Å². The number of aromatic nitrogens is 1. The van der Waals surface area contributed by atoms with Gasteiger partial charge < -0.3 is 14.8 Å². The van der Waals surface area contributed by atoms with Gasteiger partial charge in [0, 0.05) is 12.6 Å². The molecule has 0 radical (unpaired) electrons.